The maximum absolute atomic E-state index is 10.4. The number of carbonyl (C=O) groups is 1. The lowest BCUT2D eigenvalue weighted by atomic mass is 10.2. The van der Waals surface area contributed by atoms with Crippen LogP contribution in [0.4, 0.5) is 0 Å². The molecule has 1 saturated heterocycles. The third-order valence-corrected chi connectivity index (χ3v) is 2.56. The zero-order valence-electron chi connectivity index (χ0n) is 8.43. The number of nitrogens with zero attached hydrogens (tertiary/aromatic N) is 2. The van der Waals surface area contributed by atoms with Crippen LogP contribution in [-0.2, 0) is 16.0 Å². The van der Waals surface area contributed by atoms with E-state index in [4.69, 9.17) is 9.84 Å². The first-order valence-electron chi connectivity index (χ1n) is 5.08. The van der Waals surface area contributed by atoms with Crippen LogP contribution in [0, 0.1) is 0 Å². The summed E-state index contributed by atoms with van der Waals surface area (Å²) in [6.45, 7) is 1.50. The van der Waals surface area contributed by atoms with E-state index in [-0.39, 0.29) is 6.42 Å². The van der Waals surface area contributed by atoms with Crippen LogP contribution in [0.25, 0.3) is 0 Å². The highest BCUT2D eigenvalue weighted by Gasteiger charge is 2.18. The number of aromatic nitrogens is 2. The highest BCUT2D eigenvalue weighted by Crippen LogP contribution is 2.18. The predicted molar refractivity (Wildman–Crippen MR) is 52.7 cm³/mol. The fourth-order valence-corrected chi connectivity index (χ4v) is 1.69. The second-order valence-electron chi connectivity index (χ2n) is 3.74. The number of aryl methyl sites for hydroxylation is 1. The van der Waals surface area contributed by atoms with Crippen molar-refractivity contribution in [2.24, 2.45) is 0 Å². The number of ether oxygens (including phenoxy) is 1. The van der Waals surface area contributed by atoms with Crippen molar-refractivity contribution in [1.29, 1.82) is 0 Å². The number of rotatable bonds is 4. The van der Waals surface area contributed by atoms with Gasteiger partial charge in [-0.2, -0.15) is 5.10 Å². The lowest BCUT2D eigenvalue weighted by Crippen LogP contribution is -2.08. The molecule has 15 heavy (non-hydrogen) atoms. The Bertz CT molecular complexity index is 342. The molecule has 1 N–H and O–H groups in total. The first-order valence-corrected chi connectivity index (χ1v) is 5.08. The molecular weight excluding hydrogens is 196 g/mol. The van der Waals surface area contributed by atoms with Crippen LogP contribution in [0.1, 0.15) is 24.4 Å². The average Bonchev–Trinajstić information content (AvgIpc) is 2.85. The van der Waals surface area contributed by atoms with Crippen molar-refractivity contribution in [3.05, 3.63) is 18.0 Å². The van der Waals surface area contributed by atoms with Gasteiger partial charge >= 0.3 is 5.97 Å². The molecular formula is C10H14N2O3. The summed E-state index contributed by atoms with van der Waals surface area (Å²) in [5.74, 6) is -0.771. The number of carboxylic acids is 1. The van der Waals surface area contributed by atoms with Crippen molar-refractivity contribution < 1.29 is 14.6 Å². The van der Waals surface area contributed by atoms with E-state index in [9.17, 15) is 4.79 Å². The molecule has 1 fully saturated rings. The van der Waals surface area contributed by atoms with Gasteiger partial charge in [0.05, 0.1) is 18.8 Å². The van der Waals surface area contributed by atoms with E-state index in [0.29, 0.717) is 19.1 Å². The lowest BCUT2D eigenvalue weighted by molar-refractivity contribution is -0.136. The van der Waals surface area contributed by atoms with Gasteiger partial charge in [-0.25, -0.2) is 0 Å². The maximum Gasteiger partial charge on any atom is 0.303 e. The molecule has 1 atom stereocenters. The Kier molecular flexibility index (Phi) is 3.01. The number of hydrogen-bond acceptors (Lipinski definition) is 3. The van der Waals surface area contributed by atoms with E-state index in [1.54, 1.807) is 6.20 Å². The molecule has 0 aliphatic carbocycles. The minimum Gasteiger partial charge on any atom is -0.481 e. The molecule has 1 aliphatic heterocycles. The van der Waals surface area contributed by atoms with Crippen LogP contribution < -0.4 is 0 Å². The third kappa shape index (κ3) is 2.56. The van der Waals surface area contributed by atoms with Gasteiger partial charge in [0.1, 0.15) is 0 Å². The van der Waals surface area contributed by atoms with Crippen LogP contribution in [0.5, 0.6) is 0 Å². The van der Waals surface area contributed by atoms with Gasteiger partial charge in [-0.05, 0) is 18.4 Å². The monoisotopic (exact) mass is 210 g/mol. The standard InChI is InChI=1S/C10H14N2O3/c13-10(14)2-1-8-5-11-12(6-8)9-3-4-15-7-9/h5-6,9H,1-4,7H2,(H,13,14)/t9-/m1/s1. The zero-order chi connectivity index (χ0) is 10.7. The second-order valence-corrected chi connectivity index (χ2v) is 3.74. The molecule has 1 aromatic rings. The molecule has 82 valence electrons. The molecule has 0 saturated carbocycles. The number of carboxylic acid groups (broad SMARTS) is 1. The van der Waals surface area contributed by atoms with Gasteiger partial charge in [-0.15, -0.1) is 0 Å². The van der Waals surface area contributed by atoms with Gasteiger partial charge in [-0.3, -0.25) is 9.48 Å². The van der Waals surface area contributed by atoms with Crippen LogP contribution in [-0.4, -0.2) is 34.1 Å². The summed E-state index contributed by atoms with van der Waals surface area (Å²) in [5, 5.41) is 12.8. The normalized spacial score (nSPS) is 20.7. The van der Waals surface area contributed by atoms with Crippen molar-refractivity contribution in [3.8, 4) is 0 Å². The summed E-state index contributed by atoms with van der Waals surface area (Å²) in [7, 11) is 0. The van der Waals surface area contributed by atoms with Crippen LogP contribution in [0.3, 0.4) is 0 Å². The second kappa shape index (κ2) is 4.44. The van der Waals surface area contributed by atoms with Gasteiger partial charge in [0.15, 0.2) is 0 Å². The molecule has 2 heterocycles. The Morgan fingerprint density at radius 3 is 3.27 bits per heavy atom. The lowest BCUT2D eigenvalue weighted by Gasteiger charge is -2.06. The van der Waals surface area contributed by atoms with E-state index in [1.807, 2.05) is 10.9 Å². The topological polar surface area (TPSA) is 64.3 Å². The van der Waals surface area contributed by atoms with Crippen molar-refractivity contribution >= 4 is 5.97 Å². The Morgan fingerprint density at radius 1 is 1.73 bits per heavy atom. The quantitative estimate of drug-likeness (QED) is 0.800. The smallest absolute Gasteiger partial charge is 0.303 e. The minimum absolute atomic E-state index is 0.160. The van der Waals surface area contributed by atoms with E-state index < -0.39 is 5.97 Å². The molecule has 0 aromatic carbocycles. The zero-order valence-corrected chi connectivity index (χ0v) is 8.43. The number of aliphatic carboxylic acids is 1. The van der Waals surface area contributed by atoms with E-state index in [1.165, 1.54) is 0 Å². The molecule has 0 radical (unpaired) electrons. The first kappa shape index (κ1) is 10.2. The van der Waals surface area contributed by atoms with E-state index in [0.717, 1.165) is 18.6 Å². The Balaban J connectivity index is 1.94. The van der Waals surface area contributed by atoms with E-state index >= 15 is 0 Å². The molecule has 0 amide bonds. The van der Waals surface area contributed by atoms with Gasteiger partial charge in [0.25, 0.3) is 0 Å². The molecule has 1 aliphatic rings. The summed E-state index contributed by atoms with van der Waals surface area (Å²) in [4.78, 5) is 10.4. The fraction of sp³-hybridized carbons (Fsp3) is 0.600. The van der Waals surface area contributed by atoms with Crippen molar-refractivity contribution in [2.75, 3.05) is 13.2 Å². The summed E-state index contributed by atoms with van der Waals surface area (Å²) in [6, 6.07) is 0.323. The first-order chi connectivity index (χ1) is 7.25. The van der Waals surface area contributed by atoms with Crippen molar-refractivity contribution in [2.45, 2.75) is 25.3 Å². The molecule has 0 bridgehead atoms. The Labute approximate surface area is 87.7 Å². The summed E-state index contributed by atoms with van der Waals surface area (Å²) in [5.41, 5.74) is 0.976. The highest BCUT2D eigenvalue weighted by atomic mass is 16.5. The average molecular weight is 210 g/mol. The number of hydrogen-bond donors (Lipinski definition) is 1. The van der Waals surface area contributed by atoms with Gasteiger partial charge in [0, 0.05) is 19.2 Å². The summed E-state index contributed by atoms with van der Waals surface area (Å²) >= 11 is 0. The molecule has 2 rings (SSSR count). The molecule has 0 spiro atoms. The van der Waals surface area contributed by atoms with Crippen molar-refractivity contribution in [3.63, 3.8) is 0 Å². The Morgan fingerprint density at radius 2 is 2.60 bits per heavy atom. The fourth-order valence-electron chi connectivity index (χ4n) is 1.69. The maximum atomic E-state index is 10.4. The van der Waals surface area contributed by atoms with Crippen LogP contribution in [0.15, 0.2) is 12.4 Å². The van der Waals surface area contributed by atoms with Crippen LogP contribution >= 0.6 is 0 Å². The predicted octanol–water partition coefficient (Wildman–Crippen LogP) is 0.862. The molecule has 5 heteroatoms. The van der Waals surface area contributed by atoms with Crippen LogP contribution in [0.2, 0.25) is 0 Å². The van der Waals surface area contributed by atoms with Gasteiger partial charge < -0.3 is 9.84 Å². The largest absolute Gasteiger partial charge is 0.481 e. The summed E-state index contributed by atoms with van der Waals surface area (Å²) < 4.78 is 7.14. The molecule has 1 aromatic heterocycles. The Hall–Kier alpha value is -1.36. The summed E-state index contributed by atoms with van der Waals surface area (Å²) in [6.07, 6.45) is 5.35. The minimum atomic E-state index is -0.771. The third-order valence-electron chi connectivity index (χ3n) is 2.56. The van der Waals surface area contributed by atoms with E-state index in [2.05, 4.69) is 5.10 Å². The van der Waals surface area contributed by atoms with Gasteiger partial charge in [-0.1, -0.05) is 0 Å². The highest BCUT2D eigenvalue weighted by molar-refractivity contribution is 5.67. The molecule has 0 unspecified atom stereocenters. The van der Waals surface area contributed by atoms with Crippen molar-refractivity contribution in [1.82, 2.24) is 9.78 Å². The molecule has 5 nitrogen and oxygen atoms in total. The van der Waals surface area contributed by atoms with Gasteiger partial charge in [0.2, 0.25) is 0 Å². The SMILES string of the molecule is O=C(O)CCc1cnn([C@@H]2CCOC2)c1.